The van der Waals surface area contributed by atoms with Crippen LogP contribution in [0.25, 0.3) is 94.3 Å². The molecule has 0 saturated carbocycles. The van der Waals surface area contributed by atoms with E-state index < -0.39 is 5.41 Å². The largest absolute Gasteiger partial charge is 0.309 e. The van der Waals surface area contributed by atoms with Crippen LogP contribution in [0.15, 0.2) is 291 Å². The number of rotatable bonds is 8. The van der Waals surface area contributed by atoms with Gasteiger partial charge in [-0.15, -0.1) is 0 Å². The Morgan fingerprint density at radius 3 is 1.28 bits per heavy atom. The van der Waals surface area contributed by atoms with E-state index in [0.29, 0.717) is 0 Å². The Balaban J connectivity index is 0.960. The summed E-state index contributed by atoms with van der Waals surface area (Å²) in [5.74, 6) is 0. The lowest BCUT2D eigenvalue weighted by molar-refractivity contribution is 0.749. The topological polar surface area (TPSA) is 8.17 Å². The second kappa shape index (κ2) is 17.2. The third kappa shape index (κ3) is 6.53. The van der Waals surface area contributed by atoms with Crippen molar-refractivity contribution in [1.82, 2.24) is 4.57 Å². The summed E-state index contributed by atoms with van der Waals surface area (Å²) >= 11 is 0. The van der Waals surface area contributed by atoms with Crippen LogP contribution in [0.3, 0.4) is 0 Å². The van der Waals surface area contributed by atoms with Gasteiger partial charge in [0, 0.05) is 27.5 Å². The number of hydrogen-bond donors (Lipinski definition) is 0. The lowest BCUT2D eigenvalue weighted by atomic mass is 9.65. The number of anilines is 3. The highest BCUT2D eigenvalue weighted by Crippen LogP contribution is 2.62. The van der Waals surface area contributed by atoms with Crippen molar-refractivity contribution < 1.29 is 0 Å². The van der Waals surface area contributed by atoms with Crippen LogP contribution >= 0.6 is 0 Å². The molecule has 0 saturated heterocycles. The zero-order valence-corrected chi connectivity index (χ0v) is 41.1. The predicted molar refractivity (Wildman–Crippen MR) is 314 cm³/mol. The molecule has 12 aromatic carbocycles. The van der Waals surface area contributed by atoms with E-state index >= 15 is 0 Å². The standard InChI is InChI=1S/C73H48N2/c1-3-20-49(21-4-1)51-38-42-53(43-39-51)56-24-8-14-33-67(56)74(68-34-15-9-25-57(68)54-44-40-52(41-45-54)50-22-5-2-6-23-50)69-35-16-10-26-58(69)55-46-47-60-59-27-7-12-30-63(59)73(66(60)48-55)64-31-13-18-37-71(64)75-70-36-17-11-28-61(70)62-29-19-32-65(73)72(62)75/h1-48H. The molecular weight excluding hydrogens is 905 g/mol. The van der Waals surface area contributed by atoms with Gasteiger partial charge in [-0.25, -0.2) is 0 Å². The molecule has 1 aromatic heterocycles. The van der Waals surface area contributed by atoms with Gasteiger partial charge in [-0.1, -0.05) is 255 Å². The van der Waals surface area contributed by atoms with Gasteiger partial charge in [0.15, 0.2) is 0 Å². The Labute approximate surface area is 437 Å². The van der Waals surface area contributed by atoms with Crippen molar-refractivity contribution >= 4 is 38.9 Å². The molecular formula is C73H48N2. The monoisotopic (exact) mass is 952 g/mol. The zero-order chi connectivity index (χ0) is 49.5. The quantitative estimate of drug-likeness (QED) is 0.147. The molecule has 0 bridgehead atoms. The number of aromatic nitrogens is 1. The molecule has 1 spiro atoms. The maximum atomic E-state index is 2.53. The van der Waals surface area contributed by atoms with Crippen LogP contribution < -0.4 is 4.90 Å². The molecule has 1 aliphatic carbocycles. The minimum atomic E-state index is -0.575. The Morgan fingerprint density at radius 2 is 0.667 bits per heavy atom. The number of hydrogen-bond acceptors (Lipinski definition) is 1. The van der Waals surface area contributed by atoms with E-state index in [4.69, 9.17) is 0 Å². The van der Waals surface area contributed by atoms with Crippen LogP contribution in [0.2, 0.25) is 0 Å². The van der Waals surface area contributed by atoms with Crippen LogP contribution in [0.1, 0.15) is 22.3 Å². The second-order valence-corrected chi connectivity index (χ2v) is 19.9. The fraction of sp³-hybridized carbons (Fsp3) is 0.0137. The van der Waals surface area contributed by atoms with Gasteiger partial charge in [0.05, 0.1) is 39.2 Å². The molecule has 1 aliphatic heterocycles. The van der Waals surface area contributed by atoms with E-state index in [1.54, 1.807) is 0 Å². The molecule has 2 heterocycles. The summed E-state index contributed by atoms with van der Waals surface area (Å²) in [7, 11) is 0. The van der Waals surface area contributed by atoms with Crippen molar-refractivity contribution in [2.45, 2.75) is 5.41 Å². The van der Waals surface area contributed by atoms with E-state index in [-0.39, 0.29) is 0 Å². The van der Waals surface area contributed by atoms with Gasteiger partial charge < -0.3 is 9.47 Å². The lowest BCUT2D eigenvalue weighted by Crippen LogP contribution is -2.33. The predicted octanol–water partition coefficient (Wildman–Crippen LogP) is 19.3. The van der Waals surface area contributed by atoms with Crippen LogP contribution in [0.4, 0.5) is 17.1 Å². The first-order chi connectivity index (χ1) is 37.2. The maximum Gasteiger partial charge on any atom is 0.0754 e. The van der Waals surface area contributed by atoms with Gasteiger partial charge in [-0.05, 0) is 109 Å². The molecule has 1 unspecified atom stereocenters. The van der Waals surface area contributed by atoms with Crippen molar-refractivity contribution in [3.05, 3.63) is 313 Å². The van der Waals surface area contributed by atoms with Gasteiger partial charge >= 0.3 is 0 Å². The van der Waals surface area contributed by atoms with E-state index in [9.17, 15) is 0 Å². The molecule has 2 aliphatic rings. The number of benzene rings is 12. The first-order valence-corrected chi connectivity index (χ1v) is 26.0. The maximum absolute atomic E-state index is 2.53. The summed E-state index contributed by atoms with van der Waals surface area (Å²) in [6.45, 7) is 0. The van der Waals surface area contributed by atoms with E-state index in [1.165, 1.54) is 83.1 Å². The van der Waals surface area contributed by atoms with E-state index in [2.05, 4.69) is 301 Å². The first kappa shape index (κ1) is 42.9. The molecule has 0 N–H and O–H groups in total. The Morgan fingerprint density at radius 1 is 0.253 bits per heavy atom. The molecule has 75 heavy (non-hydrogen) atoms. The molecule has 350 valence electrons. The van der Waals surface area contributed by atoms with Crippen molar-refractivity contribution in [2.24, 2.45) is 0 Å². The normalized spacial score (nSPS) is 13.9. The Bertz CT molecular complexity index is 4210. The van der Waals surface area contributed by atoms with Crippen LogP contribution in [-0.4, -0.2) is 4.57 Å². The summed E-state index contributed by atoms with van der Waals surface area (Å²) < 4.78 is 2.53. The summed E-state index contributed by atoms with van der Waals surface area (Å²) in [5, 5.41) is 2.55. The lowest BCUT2D eigenvalue weighted by Gasteiger charge is -2.39. The number of fused-ring (bicyclic) bond motifs is 12. The average Bonchev–Trinajstić information content (AvgIpc) is 4.21. The zero-order valence-electron chi connectivity index (χ0n) is 41.1. The highest BCUT2D eigenvalue weighted by Gasteiger charge is 2.51. The van der Waals surface area contributed by atoms with Crippen LogP contribution in [0, 0.1) is 0 Å². The minimum absolute atomic E-state index is 0.575. The third-order valence-electron chi connectivity index (χ3n) is 16.0. The third-order valence-corrected chi connectivity index (χ3v) is 16.0. The molecule has 1 atom stereocenters. The SMILES string of the molecule is c1ccc(-c2ccc(-c3ccccc3N(c3ccccc3-c3ccc(-c4ccccc4)cc3)c3ccccc3-c3ccc4c(c3)C3(c5ccccc5-4)c4ccccc4-n4c5ccccc5c5cccc3c54)cc2)cc1. The van der Waals surface area contributed by atoms with Crippen LogP contribution in [0.5, 0.6) is 0 Å². The van der Waals surface area contributed by atoms with Gasteiger partial charge in [-0.3, -0.25) is 0 Å². The van der Waals surface area contributed by atoms with Crippen molar-refractivity contribution in [3.8, 4) is 72.4 Å². The van der Waals surface area contributed by atoms with Gasteiger partial charge in [-0.2, -0.15) is 0 Å². The Hall–Kier alpha value is -9.76. The number of para-hydroxylation sites is 6. The van der Waals surface area contributed by atoms with Crippen LogP contribution in [-0.2, 0) is 5.41 Å². The summed E-state index contributed by atoms with van der Waals surface area (Å²) in [4.78, 5) is 2.52. The van der Waals surface area contributed by atoms with Crippen molar-refractivity contribution in [3.63, 3.8) is 0 Å². The molecule has 15 rings (SSSR count). The van der Waals surface area contributed by atoms with E-state index in [0.717, 1.165) is 50.4 Å². The fourth-order valence-electron chi connectivity index (χ4n) is 12.8. The molecule has 2 heteroatoms. The molecule has 2 nitrogen and oxygen atoms in total. The van der Waals surface area contributed by atoms with Gasteiger partial charge in [0.25, 0.3) is 0 Å². The molecule has 13 aromatic rings. The highest BCUT2D eigenvalue weighted by atomic mass is 15.1. The fourth-order valence-corrected chi connectivity index (χ4v) is 12.8. The molecule has 0 amide bonds. The highest BCUT2D eigenvalue weighted by molar-refractivity contribution is 6.13. The smallest absolute Gasteiger partial charge is 0.0754 e. The van der Waals surface area contributed by atoms with Gasteiger partial charge in [0.2, 0.25) is 0 Å². The minimum Gasteiger partial charge on any atom is -0.309 e. The van der Waals surface area contributed by atoms with Gasteiger partial charge in [0.1, 0.15) is 0 Å². The van der Waals surface area contributed by atoms with Crippen molar-refractivity contribution in [1.29, 1.82) is 0 Å². The van der Waals surface area contributed by atoms with Crippen molar-refractivity contribution in [2.75, 3.05) is 4.90 Å². The summed E-state index contributed by atoms with van der Waals surface area (Å²) in [6, 6.07) is 108. The first-order valence-electron chi connectivity index (χ1n) is 26.0. The Kier molecular flexibility index (Phi) is 9.83. The number of nitrogens with zero attached hydrogens (tertiary/aromatic N) is 2. The summed E-state index contributed by atoms with van der Waals surface area (Å²) in [5.41, 5.74) is 25.9. The molecule has 0 fully saturated rings. The molecule has 0 radical (unpaired) electrons. The summed E-state index contributed by atoms with van der Waals surface area (Å²) in [6.07, 6.45) is 0. The second-order valence-electron chi connectivity index (χ2n) is 19.9. The van der Waals surface area contributed by atoms with E-state index in [1.807, 2.05) is 0 Å². The average molecular weight is 953 g/mol.